The minimum atomic E-state index is -0.544. The van der Waals surface area contributed by atoms with E-state index in [0.717, 1.165) is 0 Å². The predicted molar refractivity (Wildman–Crippen MR) is 74.3 cm³/mol. The molecule has 0 aromatic rings. The van der Waals surface area contributed by atoms with Crippen molar-refractivity contribution in [3.05, 3.63) is 0 Å². The Bertz CT molecular complexity index is 247. The van der Waals surface area contributed by atoms with Gasteiger partial charge in [-0.2, -0.15) is 0 Å². The average Bonchev–Trinajstić information content (AvgIpc) is 2.40. The Morgan fingerprint density at radius 3 is 2.16 bits per heavy atom. The molecule has 0 heterocycles. The standard InChI is InChI=1S/C13H28N2O4/c1-13(2,14-3)12(16)15(4)6-7-18-10-11-19-9-8-17-5/h14H,6-11H2,1-5H3. The minimum absolute atomic E-state index is 0.0509. The average molecular weight is 276 g/mol. The number of carbonyl (C=O) groups is 1. The van der Waals surface area contributed by atoms with Crippen molar-refractivity contribution in [2.75, 3.05) is 60.8 Å². The van der Waals surface area contributed by atoms with Gasteiger partial charge in [-0.15, -0.1) is 0 Å². The van der Waals surface area contributed by atoms with Crippen molar-refractivity contribution in [1.29, 1.82) is 0 Å². The molecule has 0 rings (SSSR count). The van der Waals surface area contributed by atoms with Gasteiger partial charge < -0.3 is 24.4 Å². The lowest BCUT2D eigenvalue weighted by molar-refractivity contribution is -0.136. The number of hydrogen-bond donors (Lipinski definition) is 1. The lowest BCUT2D eigenvalue weighted by Crippen LogP contribution is -2.52. The van der Waals surface area contributed by atoms with Crippen LogP contribution in [0.4, 0.5) is 0 Å². The molecule has 0 aliphatic carbocycles. The van der Waals surface area contributed by atoms with Gasteiger partial charge in [0, 0.05) is 20.7 Å². The van der Waals surface area contributed by atoms with Crippen LogP contribution in [0.3, 0.4) is 0 Å². The zero-order valence-corrected chi connectivity index (χ0v) is 12.8. The molecule has 0 bridgehead atoms. The Balaban J connectivity index is 3.58. The van der Waals surface area contributed by atoms with E-state index < -0.39 is 5.54 Å². The third kappa shape index (κ3) is 8.15. The molecule has 0 aromatic heterocycles. The van der Waals surface area contributed by atoms with Gasteiger partial charge in [-0.05, 0) is 20.9 Å². The summed E-state index contributed by atoms with van der Waals surface area (Å²) in [5, 5.41) is 2.99. The van der Waals surface area contributed by atoms with E-state index in [-0.39, 0.29) is 5.91 Å². The van der Waals surface area contributed by atoms with Crippen molar-refractivity contribution < 1.29 is 19.0 Å². The first kappa shape index (κ1) is 18.3. The molecule has 0 aromatic carbocycles. The third-order valence-electron chi connectivity index (χ3n) is 2.88. The van der Waals surface area contributed by atoms with Crippen LogP contribution >= 0.6 is 0 Å². The van der Waals surface area contributed by atoms with Gasteiger partial charge in [-0.1, -0.05) is 0 Å². The van der Waals surface area contributed by atoms with Crippen molar-refractivity contribution in [3.8, 4) is 0 Å². The maximum Gasteiger partial charge on any atom is 0.242 e. The summed E-state index contributed by atoms with van der Waals surface area (Å²) in [6, 6.07) is 0. The zero-order chi connectivity index (χ0) is 14.7. The molecule has 0 radical (unpaired) electrons. The number of methoxy groups -OCH3 is 1. The van der Waals surface area contributed by atoms with Gasteiger partial charge >= 0.3 is 0 Å². The van der Waals surface area contributed by atoms with Gasteiger partial charge in [0.15, 0.2) is 0 Å². The van der Waals surface area contributed by atoms with Crippen LogP contribution in [0.2, 0.25) is 0 Å². The second kappa shape index (κ2) is 10.1. The fourth-order valence-electron chi connectivity index (χ4n) is 1.35. The van der Waals surface area contributed by atoms with E-state index >= 15 is 0 Å². The smallest absolute Gasteiger partial charge is 0.242 e. The second-order valence-corrected chi connectivity index (χ2v) is 4.82. The van der Waals surface area contributed by atoms with Gasteiger partial charge in [-0.3, -0.25) is 4.79 Å². The van der Waals surface area contributed by atoms with Gasteiger partial charge in [-0.25, -0.2) is 0 Å². The molecule has 114 valence electrons. The second-order valence-electron chi connectivity index (χ2n) is 4.82. The lowest BCUT2D eigenvalue weighted by atomic mass is 10.0. The molecular formula is C13H28N2O4. The topological polar surface area (TPSA) is 60.0 Å². The Morgan fingerprint density at radius 2 is 1.63 bits per heavy atom. The molecule has 0 spiro atoms. The lowest BCUT2D eigenvalue weighted by Gasteiger charge is -2.28. The van der Waals surface area contributed by atoms with E-state index in [9.17, 15) is 4.79 Å². The number of amides is 1. The van der Waals surface area contributed by atoms with Crippen molar-refractivity contribution >= 4 is 5.91 Å². The first-order valence-corrected chi connectivity index (χ1v) is 6.54. The summed E-state index contributed by atoms with van der Waals surface area (Å²) in [4.78, 5) is 13.7. The molecule has 0 fully saturated rings. The van der Waals surface area contributed by atoms with Crippen LogP contribution in [0, 0.1) is 0 Å². The Labute approximate surface area is 116 Å². The number of likely N-dealkylation sites (N-methyl/N-ethyl adjacent to an activating group) is 2. The van der Waals surface area contributed by atoms with Crippen LogP contribution < -0.4 is 5.32 Å². The van der Waals surface area contributed by atoms with Crippen molar-refractivity contribution in [2.24, 2.45) is 0 Å². The van der Waals surface area contributed by atoms with E-state index in [2.05, 4.69) is 5.32 Å². The fraction of sp³-hybridized carbons (Fsp3) is 0.923. The number of nitrogens with one attached hydrogen (secondary N) is 1. The quantitative estimate of drug-likeness (QED) is 0.543. The monoisotopic (exact) mass is 276 g/mol. The summed E-state index contributed by atoms with van der Waals surface area (Å²) >= 11 is 0. The number of ether oxygens (including phenoxy) is 3. The predicted octanol–water partition coefficient (Wildman–Crippen LogP) is 0.122. The molecule has 0 atom stereocenters. The molecule has 0 aliphatic rings. The molecule has 0 unspecified atom stereocenters. The van der Waals surface area contributed by atoms with Crippen LogP contribution in [0.15, 0.2) is 0 Å². The highest BCUT2D eigenvalue weighted by atomic mass is 16.5. The van der Waals surface area contributed by atoms with Crippen LogP contribution in [-0.2, 0) is 19.0 Å². The van der Waals surface area contributed by atoms with Crippen LogP contribution in [-0.4, -0.2) is 77.1 Å². The van der Waals surface area contributed by atoms with Gasteiger partial charge in [0.1, 0.15) is 0 Å². The number of hydrogen-bond acceptors (Lipinski definition) is 5. The Kier molecular flexibility index (Phi) is 9.77. The van der Waals surface area contributed by atoms with Gasteiger partial charge in [0.05, 0.1) is 38.6 Å². The number of nitrogens with zero attached hydrogens (tertiary/aromatic N) is 1. The molecule has 6 nitrogen and oxygen atoms in total. The minimum Gasteiger partial charge on any atom is -0.382 e. The summed E-state index contributed by atoms with van der Waals surface area (Å²) in [7, 11) is 5.19. The summed E-state index contributed by atoms with van der Waals surface area (Å²) in [5.41, 5.74) is -0.544. The van der Waals surface area contributed by atoms with E-state index in [1.807, 2.05) is 13.8 Å². The molecule has 1 N–H and O–H groups in total. The van der Waals surface area contributed by atoms with Crippen LogP contribution in [0.1, 0.15) is 13.8 Å². The Morgan fingerprint density at radius 1 is 1.11 bits per heavy atom. The highest BCUT2D eigenvalue weighted by molar-refractivity contribution is 5.85. The molecule has 6 heteroatoms. The van der Waals surface area contributed by atoms with Gasteiger partial charge in [0.25, 0.3) is 0 Å². The summed E-state index contributed by atoms with van der Waals surface area (Å²) in [6.07, 6.45) is 0. The molecule has 0 saturated heterocycles. The number of rotatable bonds is 11. The zero-order valence-electron chi connectivity index (χ0n) is 12.8. The van der Waals surface area contributed by atoms with Crippen molar-refractivity contribution in [1.82, 2.24) is 10.2 Å². The summed E-state index contributed by atoms with van der Waals surface area (Å²) in [5.74, 6) is 0.0509. The maximum absolute atomic E-state index is 12.0. The van der Waals surface area contributed by atoms with Gasteiger partial charge in [0.2, 0.25) is 5.91 Å². The molecule has 19 heavy (non-hydrogen) atoms. The van der Waals surface area contributed by atoms with Crippen molar-refractivity contribution in [2.45, 2.75) is 19.4 Å². The largest absolute Gasteiger partial charge is 0.382 e. The van der Waals surface area contributed by atoms with E-state index in [1.54, 1.807) is 26.1 Å². The number of carbonyl (C=O) groups excluding carboxylic acids is 1. The maximum atomic E-state index is 12.0. The third-order valence-corrected chi connectivity index (χ3v) is 2.88. The SMILES string of the molecule is CNC(C)(C)C(=O)N(C)CCOCCOCCOC. The van der Waals surface area contributed by atoms with Crippen LogP contribution in [0.5, 0.6) is 0 Å². The highest BCUT2D eigenvalue weighted by Gasteiger charge is 2.27. The molecular weight excluding hydrogens is 248 g/mol. The Hall–Kier alpha value is -0.690. The highest BCUT2D eigenvalue weighted by Crippen LogP contribution is 2.05. The van der Waals surface area contributed by atoms with Crippen LogP contribution in [0.25, 0.3) is 0 Å². The fourth-order valence-corrected chi connectivity index (χ4v) is 1.35. The molecule has 0 aliphatic heterocycles. The molecule has 0 saturated carbocycles. The first-order chi connectivity index (χ1) is 8.95. The summed E-state index contributed by atoms with van der Waals surface area (Å²) in [6.45, 7) is 7.04. The van der Waals surface area contributed by atoms with E-state index in [0.29, 0.717) is 39.6 Å². The normalized spacial score (nSPS) is 11.6. The summed E-state index contributed by atoms with van der Waals surface area (Å²) < 4.78 is 15.5. The van der Waals surface area contributed by atoms with E-state index in [4.69, 9.17) is 14.2 Å². The first-order valence-electron chi connectivity index (χ1n) is 6.54. The molecule has 1 amide bonds. The van der Waals surface area contributed by atoms with E-state index in [1.165, 1.54) is 0 Å². The van der Waals surface area contributed by atoms with Crippen molar-refractivity contribution in [3.63, 3.8) is 0 Å².